The second-order valence-electron chi connectivity index (χ2n) is 4.50. The highest BCUT2D eigenvalue weighted by atomic mass is 79.9. The first kappa shape index (κ1) is 16.8. The summed E-state index contributed by atoms with van der Waals surface area (Å²) in [6, 6.07) is 6.95. The topological polar surface area (TPSA) is 96.0 Å². The quantitative estimate of drug-likeness (QED) is 0.497. The Morgan fingerprint density at radius 1 is 1.04 bits per heavy atom. The number of nitrogens with one attached hydrogen (secondary N) is 3. The van der Waals surface area contributed by atoms with Crippen LogP contribution in [-0.2, 0) is 0 Å². The molecule has 3 N–H and O–H groups in total. The molecule has 24 heavy (non-hydrogen) atoms. The van der Waals surface area contributed by atoms with Gasteiger partial charge in [0.2, 0.25) is 0 Å². The van der Waals surface area contributed by atoms with Gasteiger partial charge in [0.05, 0.1) is 15.8 Å². The smallest absolute Gasteiger partial charge is 0.282 e. The van der Waals surface area contributed by atoms with E-state index in [2.05, 4.69) is 58.0 Å². The van der Waals surface area contributed by atoms with Gasteiger partial charge < -0.3 is 0 Å². The van der Waals surface area contributed by atoms with E-state index in [1.54, 1.807) is 0 Å². The minimum Gasteiger partial charge on any atom is -0.282 e. The summed E-state index contributed by atoms with van der Waals surface area (Å²) in [6.45, 7) is 0. The molecule has 10 heteroatoms. The van der Waals surface area contributed by atoms with Gasteiger partial charge in [0.1, 0.15) is 0 Å². The van der Waals surface area contributed by atoms with Crippen LogP contribution in [0.3, 0.4) is 0 Å². The highest BCUT2D eigenvalue weighted by Crippen LogP contribution is 2.25. The van der Waals surface area contributed by atoms with E-state index in [1.165, 1.54) is 23.7 Å². The first-order valence-electron chi connectivity index (χ1n) is 6.56. The third-order valence-electron chi connectivity index (χ3n) is 2.88. The molecule has 0 bridgehead atoms. The summed E-state index contributed by atoms with van der Waals surface area (Å²) >= 11 is 7.82. The number of carbonyl (C=O) groups excluding carboxylic acids is 2. The van der Waals surface area contributed by atoms with Gasteiger partial charge in [-0.1, -0.05) is 23.5 Å². The fourth-order valence-corrected chi connectivity index (χ4v) is 4.01. The number of aromatic nitrogens is 2. The van der Waals surface area contributed by atoms with Gasteiger partial charge in [-0.2, -0.15) is 0 Å². The van der Waals surface area contributed by atoms with Crippen LogP contribution in [0.15, 0.2) is 45.6 Å². The highest BCUT2D eigenvalue weighted by Gasteiger charge is 2.15. The average molecular weight is 471 g/mol. The third kappa shape index (κ3) is 3.71. The molecule has 2 aromatic heterocycles. The summed E-state index contributed by atoms with van der Waals surface area (Å²) in [6.07, 6.45) is 2.97. The van der Waals surface area contributed by atoms with Gasteiger partial charge in [0.15, 0.2) is 5.13 Å². The van der Waals surface area contributed by atoms with Crippen LogP contribution in [0.1, 0.15) is 10.4 Å². The molecule has 3 aromatic rings. The monoisotopic (exact) mass is 469 g/mol. The number of benzene rings is 1. The fourth-order valence-electron chi connectivity index (χ4n) is 1.86. The van der Waals surface area contributed by atoms with Crippen LogP contribution in [0.5, 0.6) is 0 Å². The predicted molar refractivity (Wildman–Crippen MR) is 98.9 cm³/mol. The lowest BCUT2D eigenvalue weighted by Gasteiger charge is -2.09. The van der Waals surface area contributed by atoms with Crippen molar-refractivity contribution in [2.24, 2.45) is 0 Å². The molecule has 0 saturated carbocycles. The number of anilines is 1. The van der Waals surface area contributed by atoms with Crippen LogP contribution in [0.4, 0.5) is 9.93 Å². The Hall–Kier alpha value is -2.04. The molecule has 0 unspecified atom stereocenters. The Bertz CT molecular complexity index is 877. The van der Waals surface area contributed by atoms with Crippen molar-refractivity contribution in [2.45, 2.75) is 0 Å². The molecule has 3 rings (SSSR count). The minimum atomic E-state index is -0.594. The molecule has 0 atom stereocenters. The van der Waals surface area contributed by atoms with Crippen molar-refractivity contribution >= 4 is 70.5 Å². The van der Waals surface area contributed by atoms with Crippen molar-refractivity contribution in [1.82, 2.24) is 20.8 Å². The van der Waals surface area contributed by atoms with Gasteiger partial charge in [-0.25, -0.2) is 15.2 Å². The SMILES string of the molecule is O=C(NNC(=O)c1c(Br)cncc1Br)Nc1nc2ccccc2s1. The normalized spacial score (nSPS) is 10.4. The number of hydrogen-bond donors (Lipinski definition) is 3. The maximum Gasteiger partial charge on any atom is 0.339 e. The van der Waals surface area contributed by atoms with Crippen molar-refractivity contribution in [3.63, 3.8) is 0 Å². The van der Waals surface area contributed by atoms with Gasteiger partial charge in [-0.05, 0) is 44.0 Å². The maximum absolute atomic E-state index is 12.1. The van der Waals surface area contributed by atoms with E-state index in [0.29, 0.717) is 19.6 Å². The molecule has 0 radical (unpaired) electrons. The molecule has 7 nitrogen and oxygen atoms in total. The molecule has 0 fully saturated rings. The Morgan fingerprint density at radius 2 is 1.75 bits per heavy atom. The van der Waals surface area contributed by atoms with Crippen molar-refractivity contribution in [2.75, 3.05) is 5.32 Å². The number of rotatable bonds is 2. The molecule has 1 aromatic carbocycles. The van der Waals surface area contributed by atoms with Gasteiger partial charge in [0.25, 0.3) is 5.91 Å². The van der Waals surface area contributed by atoms with Gasteiger partial charge in [-0.15, -0.1) is 0 Å². The van der Waals surface area contributed by atoms with Crippen molar-refractivity contribution in [3.8, 4) is 0 Å². The zero-order valence-electron chi connectivity index (χ0n) is 11.8. The lowest BCUT2D eigenvalue weighted by atomic mass is 10.2. The molecule has 122 valence electrons. The first-order valence-corrected chi connectivity index (χ1v) is 8.97. The number of para-hydroxylation sites is 1. The van der Waals surface area contributed by atoms with E-state index in [1.807, 2.05) is 24.3 Å². The number of hydrazine groups is 1. The molecular formula is C14H9Br2N5O2S. The number of fused-ring (bicyclic) bond motifs is 1. The van der Waals surface area contributed by atoms with E-state index >= 15 is 0 Å². The van der Waals surface area contributed by atoms with Crippen LogP contribution >= 0.6 is 43.2 Å². The molecule has 0 aliphatic rings. The van der Waals surface area contributed by atoms with E-state index in [-0.39, 0.29) is 0 Å². The van der Waals surface area contributed by atoms with Gasteiger partial charge >= 0.3 is 6.03 Å². The Balaban J connectivity index is 1.62. The van der Waals surface area contributed by atoms with Crippen LogP contribution < -0.4 is 16.2 Å². The Labute approximate surface area is 157 Å². The summed E-state index contributed by atoms with van der Waals surface area (Å²) < 4.78 is 1.96. The number of halogens is 2. The number of carbonyl (C=O) groups is 2. The van der Waals surface area contributed by atoms with Crippen molar-refractivity contribution < 1.29 is 9.59 Å². The molecular weight excluding hydrogens is 462 g/mol. The van der Waals surface area contributed by atoms with E-state index < -0.39 is 11.9 Å². The summed E-state index contributed by atoms with van der Waals surface area (Å²) in [4.78, 5) is 32.2. The fraction of sp³-hybridized carbons (Fsp3) is 0. The zero-order chi connectivity index (χ0) is 17.1. The van der Waals surface area contributed by atoms with Crippen LogP contribution in [-0.4, -0.2) is 21.9 Å². The zero-order valence-corrected chi connectivity index (χ0v) is 15.8. The number of hydrogen-bond acceptors (Lipinski definition) is 5. The third-order valence-corrected chi connectivity index (χ3v) is 5.04. The standard InChI is InChI=1S/C14H9Br2N5O2S/c15-7-5-17-6-8(16)11(7)12(22)20-21-13(23)19-14-18-9-3-1-2-4-10(9)24-14/h1-6H,(H,20,22)(H2,18,19,21,23). The summed E-state index contributed by atoms with van der Waals surface area (Å²) in [7, 11) is 0. The number of thiazole rings is 1. The van der Waals surface area contributed by atoms with E-state index in [0.717, 1.165) is 10.2 Å². The highest BCUT2D eigenvalue weighted by molar-refractivity contribution is 9.11. The van der Waals surface area contributed by atoms with Gasteiger partial charge in [0, 0.05) is 21.3 Å². The molecule has 0 aliphatic carbocycles. The second kappa shape index (κ2) is 7.24. The Morgan fingerprint density at radius 3 is 2.46 bits per heavy atom. The molecule has 3 amide bonds. The largest absolute Gasteiger partial charge is 0.339 e. The molecule has 0 aliphatic heterocycles. The van der Waals surface area contributed by atoms with E-state index in [4.69, 9.17) is 0 Å². The Kier molecular flexibility index (Phi) is 5.07. The van der Waals surface area contributed by atoms with E-state index in [9.17, 15) is 9.59 Å². The summed E-state index contributed by atoms with van der Waals surface area (Å²) in [5, 5.41) is 3.01. The number of nitrogens with zero attached hydrogens (tertiary/aromatic N) is 2. The predicted octanol–water partition coefficient (Wildman–Crippen LogP) is 3.68. The summed E-state index contributed by atoms with van der Waals surface area (Å²) in [5.74, 6) is -0.490. The van der Waals surface area contributed by atoms with Crippen LogP contribution in [0, 0.1) is 0 Å². The lowest BCUT2D eigenvalue weighted by Crippen LogP contribution is -2.44. The number of pyridine rings is 1. The lowest BCUT2D eigenvalue weighted by molar-refractivity contribution is 0.0936. The van der Waals surface area contributed by atoms with Gasteiger partial charge in [-0.3, -0.25) is 20.5 Å². The van der Waals surface area contributed by atoms with Crippen LogP contribution in [0.2, 0.25) is 0 Å². The summed E-state index contributed by atoms with van der Waals surface area (Å²) in [5.41, 5.74) is 5.73. The minimum absolute atomic E-state index is 0.324. The second-order valence-corrected chi connectivity index (χ2v) is 7.24. The molecule has 0 spiro atoms. The number of amides is 3. The van der Waals surface area contributed by atoms with Crippen LogP contribution in [0.25, 0.3) is 10.2 Å². The average Bonchev–Trinajstić information content (AvgIpc) is 2.95. The first-order chi connectivity index (χ1) is 11.5. The molecule has 0 saturated heterocycles. The number of urea groups is 1. The molecule has 2 heterocycles. The van der Waals surface area contributed by atoms with Crippen molar-refractivity contribution in [1.29, 1.82) is 0 Å². The maximum atomic E-state index is 12.1. The van der Waals surface area contributed by atoms with Crippen molar-refractivity contribution in [3.05, 3.63) is 51.2 Å².